The molecule has 1 aromatic rings. The Bertz CT molecular complexity index is 666. The van der Waals surface area contributed by atoms with Crippen molar-refractivity contribution in [3.8, 4) is 0 Å². The lowest BCUT2D eigenvalue weighted by Crippen LogP contribution is -2.39. The number of hydrogen-bond donors (Lipinski definition) is 1. The number of benzene rings is 1. The Hall–Kier alpha value is -2.00. The van der Waals surface area contributed by atoms with Crippen LogP contribution in [0.4, 0.5) is 0 Å². The van der Waals surface area contributed by atoms with Gasteiger partial charge in [-0.3, -0.25) is 0 Å². The van der Waals surface area contributed by atoms with Crippen LogP contribution < -0.4 is 5.32 Å². The van der Waals surface area contributed by atoms with E-state index in [1.54, 1.807) is 6.26 Å². The van der Waals surface area contributed by atoms with Gasteiger partial charge < -0.3 is 14.8 Å². The molecule has 22 heavy (non-hydrogen) atoms. The molecule has 3 atom stereocenters. The van der Waals surface area contributed by atoms with Crippen LogP contribution in [0.3, 0.4) is 0 Å². The minimum Gasteiger partial charge on any atom is -0.493 e. The smallest absolute Gasteiger partial charge is 0.154 e. The van der Waals surface area contributed by atoms with Crippen molar-refractivity contribution in [1.29, 1.82) is 0 Å². The summed E-state index contributed by atoms with van der Waals surface area (Å²) in [5.41, 5.74) is 6.29. The number of rotatable bonds is 1. The number of hydrogen-bond acceptors (Lipinski definition) is 3. The Morgan fingerprint density at radius 1 is 1.05 bits per heavy atom. The molecule has 3 nitrogen and oxygen atoms in total. The Balaban J connectivity index is 1.66. The van der Waals surface area contributed by atoms with E-state index in [9.17, 15) is 0 Å². The molecule has 1 fully saturated rings. The van der Waals surface area contributed by atoms with Gasteiger partial charge in [0.15, 0.2) is 6.23 Å². The van der Waals surface area contributed by atoms with Crippen LogP contribution in [0.1, 0.15) is 35.8 Å². The van der Waals surface area contributed by atoms with Gasteiger partial charge in [0.1, 0.15) is 6.10 Å². The summed E-state index contributed by atoms with van der Waals surface area (Å²) in [4.78, 5) is 0. The lowest BCUT2D eigenvalue weighted by atomic mass is 9.83. The van der Waals surface area contributed by atoms with Gasteiger partial charge in [0.25, 0.3) is 0 Å². The van der Waals surface area contributed by atoms with E-state index in [1.807, 2.05) is 6.08 Å². The molecule has 0 amide bonds. The maximum absolute atomic E-state index is 6.39. The van der Waals surface area contributed by atoms with E-state index in [0.29, 0.717) is 0 Å². The molecule has 3 aliphatic rings. The van der Waals surface area contributed by atoms with Crippen LogP contribution in [0, 0.1) is 13.8 Å². The van der Waals surface area contributed by atoms with Gasteiger partial charge in [0.2, 0.25) is 0 Å². The highest BCUT2D eigenvalue weighted by Gasteiger charge is 2.36. The lowest BCUT2D eigenvalue weighted by Gasteiger charge is -2.40. The first-order valence-electron chi connectivity index (χ1n) is 7.94. The molecule has 0 aromatic heterocycles. The normalized spacial score (nSPS) is 29.5. The van der Waals surface area contributed by atoms with Crippen LogP contribution >= 0.6 is 0 Å². The number of fused-ring (bicyclic) bond motifs is 3. The second kappa shape index (κ2) is 5.33. The SMILES string of the molecule is Cc1cccc(C)c1C1NC=C2C3=CC=COC3CCC2O1. The summed E-state index contributed by atoms with van der Waals surface area (Å²) in [5, 5.41) is 3.44. The second-order valence-electron chi connectivity index (χ2n) is 6.23. The molecule has 1 saturated carbocycles. The van der Waals surface area contributed by atoms with Gasteiger partial charge in [-0.15, -0.1) is 0 Å². The van der Waals surface area contributed by atoms with Crippen molar-refractivity contribution in [3.63, 3.8) is 0 Å². The Morgan fingerprint density at radius 2 is 1.82 bits per heavy atom. The minimum atomic E-state index is -0.0628. The second-order valence-corrected chi connectivity index (χ2v) is 6.23. The van der Waals surface area contributed by atoms with E-state index in [4.69, 9.17) is 9.47 Å². The number of ether oxygens (including phenoxy) is 2. The van der Waals surface area contributed by atoms with Gasteiger partial charge in [-0.2, -0.15) is 0 Å². The highest BCUT2D eigenvalue weighted by atomic mass is 16.5. The first kappa shape index (κ1) is 13.6. The molecule has 0 bridgehead atoms. The van der Waals surface area contributed by atoms with E-state index < -0.39 is 0 Å². The Morgan fingerprint density at radius 3 is 2.64 bits per heavy atom. The maximum Gasteiger partial charge on any atom is 0.154 e. The Labute approximate surface area is 131 Å². The van der Waals surface area contributed by atoms with Gasteiger partial charge in [-0.05, 0) is 49.5 Å². The quantitative estimate of drug-likeness (QED) is 0.854. The molecular formula is C19H21NO2. The molecule has 2 aliphatic heterocycles. The van der Waals surface area contributed by atoms with Crippen molar-refractivity contribution in [2.24, 2.45) is 0 Å². The van der Waals surface area contributed by atoms with Crippen LogP contribution in [0.2, 0.25) is 0 Å². The number of allylic oxidation sites excluding steroid dienone is 2. The zero-order valence-electron chi connectivity index (χ0n) is 13.0. The van der Waals surface area contributed by atoms with E-state index in [2.05, 4.69) is 49.6 Å². The van der Waals surface area contributed by atoms with E-state index in [1.165, 1.54) is 27.8 Å². The standard InChI is InChI=1S/C19H21NO2/c1-12-5-3-6-13(2)18(12)19-20-11-15-14-7-4-10-21-16(14)8-9-17(15)22-19/h3-7,10-11,16-17,19-20H,8-9H2,1-2H3. The highest BCUT2D eigenvalue weighted by Crippen LogP contribution is 2.39. The van der Waals surface area contributed by atoms with Crippen molar-refractivity contribution < 1.29 is 9.47 Å². The fourth-order valence-corrected chi connectivity index (χ4v) is 3.69. The first-order chi connectivity index (χ1) is 10.7. The molecule has 4 rings (SSSR count). The van der Waals surface area contributed by atoms with E-state index >= 15 is 0 Å². The largest absolute Gasteiger partial charge is 0.493 e. The van der Waals surface area contributed by atoms with E-state index in [-0.39, 0.29) is 18.4 Å². The summed E-state index contributed by atoms with van der Waals surface area (Å²) in [7, 11) is 0. The molecule has 0 saturated heterocycles. The van der Waals surface area contributed by atoms with Crippen molar-refractivity contribution in [2.45, 2.75) is 45.1 Å². The monoisotopic (exact) mass is 295 g/mol. The third-order valence-corrected chi connectivity index (χ3v) is 4.81. The fourth-order valence-electron chi connectivity index (χ4n) is 3.69. The molecule has 1 N–H and O–H groups in total. The predicted molar refractivity (Wildman–Crippen MR) is 86.1 cm³/mol. The lowest BCUT2D eigenvalue weighted by molar-refractivity contribution is -0.0349. The average molecular weight is 295 g/mol. The summed E-state index contributed by atoms with van der Waals surface area (Å²) in [5.74, 6) is 0. The topological polar surface area (TPSA) is 30.5 Å². The summed E-state index contributed by atoms with van der Waals surface area (Å²) in [6.07, 6.45) is 10.3. The van der Waals surface area contributed by atoms with Crippen molar-refractivity contribution in [2.75, 3.05) is 0 Å². The van der Waals surface area contributed by atoms with Crippen LogP contribution in [0.25, 0.3) is 0 Å². The van der Waals surface area contributed by atoms with Gasteiger partial charge in [-0.25, -0.2) is 0 Å². The van der Waals surface area contributed by atoms with Crippen LogP contribution in [-0.4, -0.2) is 12.2 Å². The molecule has 0 radical (unpaired) electrons. The molecule has 114 valence electrons. The van der Waals surface area contributed by atoms with Crippen molar-refractivity contribution in [3.05, 3.63) is 70.6 Å². The van der Waals surface area contributed by atoms with Crippen LogP contribution in [0.15, 0.2) is 54.0 Å². The molecule has 2 heterocycles. The van der Waals surface area contributed by atoms with Crippen LogP contribution in [-0.2, 0) is 9.47 Å². The molecule has 0 spiro atoms. The molecule has 3 heteroatoms. The van der Waals surface area contributed by atoms with Gasteiger partial charge in [-0.1, -0.05) is 24.3 Å². The third kappa shape index (κ3) is 2.17. The van der Waals surface area contributed by atoms with Gasteiger partial charge in [0, 0.05) is 17.3 Å². The summed E-state index contributed by atoms with van der Waals surface area (Å²) in [6.45, 7) is 4.29. The van der Waals surface area contributed by atoms with Crippen molar-refractivity contribution >= 4 is 0 Å². The third-order valence-electron chi connectivity index (χ3n) is 4.81. The maximum atomic E-state index is 6.39. The Kier molecular flexibility index (Phi) is 3.30. The first-order valence-corrected chi connectivity index (χ1v) is 7.94. The molecule has 3 unspecified atom stereocenters. The predicted octanol–water partition coefficient (Wildman–Crippen LogP) is 3.81. The fraction of sp³-hybridized carbons (Fsp3) is 0.368. The zero-order valence-corrected chi connectivity index (χ0v) is 13.0. The van der Waals surface area contributed by atoms with E-state index in [0.717, 1.165) is 12.8 Å². The summed E-state index contributed by atoms with van der Waals surface area (Å²) < 4.78 is 12.1. The molecule has 1 aliphatic carbocycles. The highest BCUT2D eigenvalue weighted by molar-refractivity contribution is 5.44. The zero-order chi connectivity index (χ0) is 15.1. The minimum absolute atomic E-state index is 0.0628. The van der Waals surface area contributed by atoms with Gasteiger partial charge in [0.05, 0.1) is 12.4 Å². The summed E-state index contributed by atoms with van der Waals surface area (Å²) in [6, 6.07) is 6.39. The van der Waals surface area contributed by atoms with Gasteiger partial charge >= 0.3 is 0 Å². The molecule has 1 aromatic carbocycles. The number of aryl methyl sites for hydroxylation is 2. The molecular weight excluding hydrogens is 274 g/mol. The van der Waals surface area contributed by atoms with Crippen molar-refractivity contribution in [1.82, 2.24) is 5.32 Å². The summed E-state index contributed by atoms with van der Waals surface area (Å²) >= 11 is 0. The average Bonchev–Trinajstić information content (AvgIpc) is 2.54. The number of nitrogens with one attached hydrogen (secondary N) is 1. The van der Waals surface area contributed by atoms with Crippen LogP contribution in [0.5, 0.6) is 0 Å².